The van der Waals surface area contributed by atoms with Gasteiger partial charge in [0.05, 0.1) is 35.5 Å². The summed E-state index contributed by atoms with van der Waals surface area (Å²) in [5, 5.41) is 11.4. The van der Waals surface area contributed by atoms with E-state index in [1.165, 1.54) is 16.9 Å². The predicted molar refractivity (Wildman–Crippen MR) is 198 cm³/mol. The fourth-order valence-electron chi connectivity index (χ4n) is 5.56. The molecule has 46 heavy (non-hydrogen) atoms. The summed E-state index contributed by atoms with van der Waals surface area (Å²) >= 11 is 0. The highest BCUT2D eigenvalue weighted by Crippen LogP contribution is 2.32. The van der Waals surface area contributed by atoms with Gasteiger partial charge in [0.25, 0.3) is 0 Å². The smallest absolute Gasteiger partial charge is 0.0656 e. The van der Waals surface area contributed by atoms with Crippen LogP contribution in [-0.4, -0.2) is 32.1 Å². The lowest BCUT2D eigenvalue weighted by molar-refractivity contribution is 0.690. The number of benzene rings is 5. The number of hydrazone groups is 2. The van der Waals surface area contributed by atoms with E-state index in [4.69, 9.17) is 5.10 Å². The maximum atomic E-state index is 4.99. The molecule has 0 aromatic heterocycles. The Morgan fingerprint density at radius 1 is 0.587 bits per heavy atom. The second-order valence-electron chi connectivity index (χ2n) is 11.0. The average Bonchev–Trinajstić information content (AvgIpc) is 3.11. The maximum absolute atomic E-state index is 4.99. The van der Waals surface area contributed by atoms with Gasteiger partial charge in [-0.05, 0) is 105 Å². The molecule has 0 spiro atoms. The van der Waals surface area contributed by atoms with Crippen molar-refractivity contribution in [2.24, 2.45) is 10.2 Å². The topological polar surface area (TPSA) is 46.5 Å². The number of nitrogens with one attached hydrogen (secondary N) is 1. The Morgan fingerprint density at radius 3 is 1.80 bits per heavy atom. The molecule has 1 N–H and O–H groups in total. The first-order valence-electron chi connectivity index (χ1n) is 16.1. The van der Waals surface area contributed by atoms with Crippen LogP contribution in [0.3, 0.4) is 0 Å². The quantitative estimate of drug-likeness (QED) is 0.101. The van der Waals surface area contributed by atoms with Gasteiger partial charge in [-0.1, -0.05) is 72.8 Å². The fourth-order valence-corrected chi connectivity index (χ4v) is 5.56. The Morgan fingerprint density at radius 2 is 1.17 bits per heavy atom. The molecule has 0 heterocycles. The van der Waals surface area contributed by atoms with Gasteiger partial charge in [0.15, 0.2) is 0 Å². The van der Waals surface area contributed by atoms with Gasteiger partial charge in [0, 0.05) is 31.0 Å². The standard InChI is InChI=1S/C40H44N6/c1-5-44(6-2)37-25-21-34(22-26-37)31-42-46(39-18-12-9-13-19-39)40-20-14-15-35(29-40)32(4)45(7-3)38-27-23-33(24-28-38)30-41-43-36-16-10-8-11-17-36/h8-32,43H,5-7H2,1-4H3/b41-30+,42-31+. The second kappa shape index (κ2) is 16.1. The van der Waals surface area contributed by atoms with Crippen LogP contribution in [0.2, 0.25) is 0 Å². The monoisotopic (exact) mass is 608 g/mol. The van der Waals surface area contributed by atoms with Gasteiger partial charge in [-0.15, -0.1) is 0 Å². The zero-order chi connectivity index (χ0) is 32.1. The van der Waals surface area contributed by atoms with E-state index >= 15 is 0 Å². The minimum atomic E-state index is 0.151. The summed E-state index contributed by atoms with van der Waals surface area (Å²) in [6.07, 6.45) is 3.78. The van der Waals surface area contributed by atoms with Crippen LogP contribution < -0.4 is 20.2 Å². The van der Waals surface area contributed by atoms with Crippen molar-refractivity contribution in [3.8, 4) is 0 Å². The molecule has 0 radical (unpaired) electrons. The van der Waals surface area contributed by atoms with Gasteiger partial charge >= 0.3 is 0 Å². The zero-order valence-electron chi connectivity index (χ0n) is 27.3. The van der Waals surface area contributed by atoms with Crippen LogP contribution in [0, 0.1) is 0 Å². The molecule has 5 rings (SSSR count). The van der Waals surface area contributed by atoms with E-state index in [1.807, 2.05) is 66.0 Å². The van der Waals surface area contributed by atoms with Crippen LogP contribution >= 0.6 is 0 Å². The average molecular weight is 609 g/mol. The van der Waals surface area contributed by atoms with Gasteiger partial charge in [-0.3, -0.25) is 5.43 Å². The van der Waals surface area contributed by atoms with Crippen molar-refractivity contribution in [2.45, 2.75) is 33.7 Å². The van der Waals surface area contributed by atoms with E-state index in [2.05, 4.69) is 133 Å². The van der Waals surface area contributed by atoms with Crippen LogP contribution in [0.4, 0.5) is 28.4 Å². The minimum absolute atomic E-state index is 0.151. The number of anilines is 5. The van der Waals surface area contributed by atoms with Crippen molar-refractivity contribution in [1.82, 2.24) is 0 Å². The third kappa shape index (κ3) is 8.21. The fraction of sp³-hybridized carbons (Fsp3) is 0.200. The van der Waals surface area contributed by atoms with Gasteiger partial charge < -0.3 is 9.80 Å². The summed E-state index contributed by atoms with van der Waals surface area (Å²) in [6, 6.07) is 46.3. The van der Waals surface area contributed by atoms with Crippen LogP contribution in [0.5, 0.6) is 0 Å². The first-order valence-corrected chi connectivity index (χ1v) is 16.1. The second-order valence-corrected chi connectivity index (χ2v) is 11.0. The summed E-state index contributed by atoms with van der Waals surface area (Å²) in [5.74, 6) is 0. The molecule has 6 nitrogen and oxygen atoms in total. The molecule has 5 aromatic carbocycles. The molecular weight excluding hydrogens is 564 g/mol. The molecule has 6 heteroatoms. The molecule has 0 aliphatic heterocycles. The van der Waals surface area contributed by atoms with Crippen molar-refractivity contribution in [3.05, 3.63) is 150 Å². The summed E-state index contributed by atoms with van der Waals surface area (Å²) in [4.78, 5) is 4.76. The Hall–Kier alpha value is -5.36. The normalized spacial score (nSPS) is 11.9. The SMILES string of the molecule is CCN(CC)c1ccc(/C=N/N(c2ccccc2)c2cccc(C(C)N(CC)c3ccc(/C=N/Nc4ccccc4)cc3)c2)cc1. The molecule has 0 saturated heterocycles. The molecule has 0 saturated carbocycles. The summed E-state index contributed by atoms with van der Waals surface area (Å²) in [5.41, 5.74) is 11.8. The molecule has 0 fully saturated rings. The molecule has 0 amide bonds. The lowest BCUT2D eigenvalue weighted by Gasteiger charge is -2.31. The van der Waals surface area contributed by atoms with E-state index < -0.39 is 0 Å². The summed E-state index contributed by atoms with van der Waals surface area (Å²) in [6.45, 7) is 11.7. The van der Waals surface area contributed by atoms with Gasteiger partial charge in [0.1, 0.15) is 0 Å². The lowest BCUT2D eigenvalue weighted by atomic mass is 10.0. The van der Waals surface area contributed by atoms with E-state index in [-0.39, 0.29) is 6.04 Å². The highest BCUT2D eigenvalue weighted by molar-refractivity contribution is 5.83. The Kier molecular flexibility index (Phi) is 11.2. The third-order valence-electron chi connectivity index (χ3n) is 8.16. The molecule has 1 atom stereocenters. The largest absolute Gasteiger partial charge is 0.372 e. The minimum Gasteiger partial charge on any atom is -0.372 e. The Bertz CT molecular complexity index is 1680. The van der Waals surface area contributed by atoms with Gasteiger partial charge in [0.2, 0.25) is 0 Å². The lowest BCUT2D eigenvalue weighted by Crippen LogP contribution is -2.26. The molecular formula is C40H44N6. The van der Waals surface area contributed by atoms with Gasteiger partial charge in [-0.2, -0.15) is 10.2 Å². The number of para-hydroxylation sites is 2. The summed E-state index contributed by atoms with van der Waals surface area (Å²) in [7, 11) is 0. The Labute approximate surface area is 274 Å². The van der Waals surface area contributed by atoms with Gasteiger partial charge in [-0.25, -0.2) is 5.01 Å². The zero-order valence-corrected chi connectivity index (χ0v) is 27.3. The molecule has 5 aromatic rings. The van der Waals surface area contributed by atoms with E-state index in [0.29, 0.717) is 0 Å². The molecule has 0 aliphatic rings. The van der Waals surface area contributed by atoms with E-state index in [9.17, 15) is 0 Å². The molecule has 1 unspecified atom stereocenters. The van der Waals surface area contributed by atoms with E-state index in [0.717, 1.165) is 47.8 Å². The maximum Gasteiger partial charge on any atom is 0.0656 e. The van der Waals surface area contributed by atoms with E-state index in [1.54, 1.807) is 0 Å². The van der Waals surface area contributed by atoms with Crippen molar-refractivity contribution in [1.29, 1.82) is 0 Å². The van der Waals surface area contributed by atoms with Crippen molar-refractivity contribution in [3.63, 3.8) is 0 Å². The number of rotatable bonds is 14. The first kappa shape index (κ1) is 32.0. The highest BCUT2D eigenvalue weighted by atomic mass is 15.5. The first-order chi connectivity index (χ1) is 22.6. The number of hydrogen-bond acceptors (Lipinski definition) is 6. The van der Waals surface area contributed by atoms with Crippen molar-refractivity contribution >= 4 is 40.9 Å². The van der Waals surface area contributed by atoms with Crippen molar-refractivity contribution < 1.29 is 0 Å². The summed E-state index contributed by atoms with van der Waals surface area (Å²) < 4.78 is 0. The van der Waals surface area contributed by atoms with Crippen LogP contribution in [-0.2, 0) is 0 Å². The molecule has 0 bridgehead atoms. The number of hydrogen-bond donors (Lipinski definition) is 1. The molecule has 0 aliphatic carbocycles. The van der Waals surface area contributed by atoms with Crippen molar-refractivity contribution in [2.75, 3.05) is 39.9 Å². The Balaban J connectivity index is 1.34. The van der Waals surface area contributed by atoms with Crippen LogP contribution in [0.25, 0.3) is 0 Å². The third-order valence-corrected chi connectivity index (χ3v) is 8.16. The van der Waals surface area contributed by atoms with Crippen LogP contribution in [0.1, 0.15) is 50.4 Å². The number of nitrogens with zero attached hydrogens (tertiary/aromatic N) is 5. The predicted octanol–water partition coefficient (Wildman–Crippen LogP) is 9.74. The van der Waals surface area contributed by atoms with Crippen LogP contribution in [0.15, 0.2) is 144 Å². The molecule has 234 valence electrons. The highest BCUT2D eigenvalue weighted by Gasteiger charge is 2.17.